The van der Waals surface area contributed by atoms with Crippen molar-refractivity contribution < 1.29 is 19.1 Å². The maximum atomic E-state index is 11.9. The van der Waals surface area contributed by atoms with Crippen LogP contribution in [0, 0.1) is 11.8 Å². The number of hydrogen-bond acceptors (Lipinski definition) is 4. The van der Waals surface area contributed by atoms with Crippen LogP contribution >= 0.6 is 0 Å². The Morgan fingerprint density at radius 2 is 1.76 bits per heavy atom. The molecular weight excluding hydrogens is 268 g/mol. The van der Waals surface area contributed by atoms with Crippen LogP contribution < -0.4 is 0 Å². The smallest absolute Gasteiger partial charge is 0.306 e. The zero-order valence-corrected chi connectivity index (χ0v) is 13.7. The number of esters is 2. The van der Waals surface area contributed by atoms with Gasteiger partial charge in [0.05, 0.1) is 19.4 Å². The molecule has 0 aromatic carbocycles. The van der Waals surface area contributed by atoms with Crippen LogP contribution in [0.3, 0.4) is 0 Å². The van der Waals surface area contributed by atoms with E-state index < -0.39 is 0 Å². The van der Waals surface area contributed by atoms with Crippen LogP contribution in [-0.4, -0.2) is 24.6 Å². The van der Waals surface area contributed by atoms with Gasteiger partial charge in [-0.2, -0.15) is 0 Å². The van der Waals surface area contributed by atoms with Crippen LogP contribution in [0.1, 0.15) is 72.1 Å². The van der Waals surface area contributed by atoms with Crippen LogP contribution in [0.25, 0.3) is 0 Å². The first kappa shape index (κ1) is 18.0. The quantitative estimate of drug-likeness (QED) is 0.638. The molecule has 1 fully saturated rings. The van der Waals surface area contributed by atoms with Crippen molar-refractivity contribution >= 4 is 11.9 Å². The average molecular weight is 298 g/mol. The van der Waals surface area contributed by atoms with Gasteiger partial charge in [-0.1, -0.05) is 26.7 Å². The summed E-state index contributed by atoms with van der Waals surface area (Å²) in [4.78, 5) is 23.1. The van der Waals surface area contributed by atoms with E-state index >= 15 is 0 Å². The van der Waals surface area contributed by atoms with Crippen molar-refractivity contribution in [1.82, 2.24) is 0 Å². The van der Waals surface area contributed by atoms with E-state index in [0.717, 1.165) is 25.7 Å². The Balaban J connectivity index is 2.35. The van der Waals surface area contributed by atoms with Crippen molar-refractivity contribution in [1.29, 1.82) is 0 Å². The summed E-state index contributed by atoms with van der Waals surface area (Å²) >= 11 is 0. The molecule has 4 nitrogen and oxygen atoms in total. The third-order valence-corrected chi connectivity index (χ3v) is 4.08. The normalized spacial score (nSPS) is 22.1. The van der Waals surface area contributed by atoms with E-state index in [4.69, 9.17) is 9.47 Å². The third-order valence-electron chi connectivity index (χ3n) is 4.08. The molecule has 0 heterocycles. The molecule has 0 amide bonds. The van der Waals surface area contributed by atoms with Crippen molar-refractivity contribution in [3.63, 3.8) is 0 Å². The van der Waals surface area contributed by atoms with E-state index in [1.165, 1.54) is 12.8 Å². The predicted octanol–water partition coefficient (Wildman–Crippen LogP) is 3.87. The van der Waals surface area contributed by atoms with Gasteiger partial charge in [-0.05, 0) is 44.4 Å². The summed E-state index contributed by atoms with van der Waals surface area (Å²) in [5, 5.41) is 0. The fraction of sp³-hybridized carbons (Fsp3) is 0.882. The molecule has 0 bridgehead atoms. The highest BCUT2D eigenvalue weighted by Crippen LogP contribution is 2.31. The molecule has 0 aromatic rings. The first-order chi connectivity index (χ1) is 10.0. The van der Waals surface area contributed by atoms with Gasteiger partial charge in [0.2, 0.25) is 0 Å². The molecule has 2 atom stereocenters. The Morgan fingerprint density at radius 3 is 2.43 bits per heavy atom. The molecule has 122 valence electrons. The molecule has 0 radical (unpaired) electrons. The summed E-state index contributed by atoms with van der Waals surface area (Å²) in [5.74, 6) is 0.596. The molecule has 0 saturated heterocycles. The van der Waals surface area contributed by atoms with Crippen LogP contribution in [0.15, 0.2) is 0 Å². The molecule has 0 aliphatic heterocycles. The molecule has 1 aliphatic carbocycles. The van der Waals surface area contributed by atoms with Gasteiger partial charge in [0.1, 0.15) is 6.10 Å². The topological polar surface area (TPSA) is 52.6 Å². The number of carbonyl (C=O) groups is 2. The molecule has 0 aromatic heterocycles. The Morgan fingerprint density at radius 1 is 1.10 bits per heavy atom. The highest BCUT2D eigenvalue weighted by molar-refractivity contribution is 5.77. The molecule has 21 heavy (non-hydrogen) atoms. The number of rotatable bonds is 8. The van der Waals surface area contributed by atoms with Gasteiger partial charge < -0.3 is 9.47 Å². The van der Waals surface area contributed by atoms with Crippen molar-refractivity contribution in [2.24, 2.45) is 11.8 Å². The van der Waals surface area contributed by atoms with E-state index in [0.29, 0.717) is 18.4 Å². The minimum Gasteiger partial charge on any atom is -0.466 e. The van der Waals surface area contributed by atoms with Crippen LogP contribution in [0.5, 0.6) is 0 Å². The summed E-state index contributed by atoms with van der Waals surface area (Å²) in [7, 11) is 0. The highest BCUT2D eigenvalue weighted by atomic mass is 16.5. The standard InChI is InChI=1S/C17H30O4/c1-4-20-16(18)11-12-17(19)21-15-8-6-5-7-14(15)10-9-13(2)3/h13-15H,4-12H2,1-3H3. The van der Waals surface area contributed by atoms with E-state index in [-0.39, 0.29) is 30.9 Å². The summed E-state index contributed by atoms with van der Waals surface area (Å²) in [6.07, 6.45) is 7.11. The fourth-order valence-corrected chi connectivity index (χ4v) is 2.87. The number of hydrogen-bond donors (Lipinski definition) is 0. The van der Waals surface area contributed by atoms with E-state index in [1.807, 2.05) is 0 Å². The van der Waals surface area contributed by atoms with Gasteiger partial charge in [0.15, 0.2) is 0 Å². The summed E-state index contributed by atoms with van der Waals surface area (Å²) < 4.78 is 10.4. The van der Waals surface area contributed by atoms with Gasteiger partial charge in [0.25, 0.3) is 0 Å². The third kappa shape index (κ3) is 7.49. The largest absolute Gasteiger partial charge is 0.466 e. The van der Waals surface area contributed by atoms with Crippen LogP contribution in [0.2, 0.25) is 0 Å². The number of ether oxygens (including phenoxy) is 2. The second-order valence-corrected chi connectivity index (χ2v) is 6.35. The SMILES string of the molecule is CCOC(=O)CCC(=O)OC1CCCCC1CCC(C)C. The van der Waals surface area contributed by atoms with Gasteiger partial charge >= 0.3 is 11.9 Å². The lowest BCUT2D eigenvalue weighted by Crippen LogP contribution is -2.30. The monoisotopic (exact) mass is 298 g/mol. The van der Waals surface area contributed by atoms with Crippen molar-refractivity contribution in [2.45, 2.75) is 78.2 Å². The Hall–Kier alpha value is -1.06. The maximum Gasteiger partial charge on any atom is 0.306 e. The second-order valence-electron chi connectivity index (χ2n) is 6.35. The van der Waals surface area contributed by atoms with Gasteiger partial charge in [-0.15, -0.1) is 0 Å². The molecular formula is C17H30O4. The van der Waals surface area contributed by atoms with Crippen molar-refractivity contribution in [3.05, 3.63) is 0 Å². The zero-order chi connectivity index (χ0) is 15.7. The van der Waals surface area contributed by atoms with E-state index in [9.17, 15) is 9.59 Å². The van der Waals surface area contributed by atoms with Crippen LogP contribution in [-0.2, 0) is 19.1 Å². The van der Waals surface area contributed by atoms with Crippen molar-refractivity contribution in [2.75, 3.05) is 6.61 Å². The first-order valence-electron chi connectivity index (χ1n) is 8.38. The Kier molecular flexibility index (Phi) is 8.40. The molecule has 0 N–H and O–H groups in total. The summed E-state index contributed by atoms with van der Waals surface area (Å²) in [6.45, 7) is 6.57. The molecule has 0 spiro atoms. The summed E-state index contributed by atoms with van der Waals surface area (Å²) in [6, 6.07) is 0. The lowest BCUT2D eigenvalue weighted by atomic mass is 9.82. The van der Waals surface area contributed by atoms with E-state index in [1.54, 1.807) is 6.92 Å². The molecule has 4 heteroatoms. The molecule has 1 saturated carbocycles. The molecule has 2 unspecified atom stereocenters. The second kappa shape index (κ2) is 9.80. The predicted molar refractivity (Wildman–Crippen MR) is 81.8 cm³/mol. The Bertz CT molecular complexity index is 325. The Labute approximate surface area is 128 Å². The van der Waals surface area contributed by atoms with Crippen LogP contribution in [0.4, 0.5) is 0 Å². The first-order valence-corrected chi connectivity index (χ1v) is 8.38. The average Bonchev–Trinajstić information content (AvgIpc) is 2.44. The minimum absolute atomic E-state index is 0.0483. The summed E-state index contributed by atoms with van der Waals surface area (Å²) in [5.41, 5.74) is 0. The highest BCUT2D eigenvalue weighted by Gasteiger charge is 2.28. The number of carbonyl (C=O) groups excluding carboxylic acids is 2. The van der Waals surface area contributed by atoms with Crippen molar-refractivity contribution in [3.8, 4) is 0 Å². The van der Waals surface area contributed by atoms with E-state index in [2.05, 4.69) is 13.8 Å². The van der Waals surface area contributed by atoms with Gasteiger partial charge in [-0.3, -0.25) is 9.59 Å². The maximum absolute atomic E-state index is 11.9. The van der Waals surface area contributed by atoms with Gasteiger partial charge in [-0.25, -0.2) is 0 Å². The molecule has 1 rings (SSSR count). The molecule has 1 aliphatic rings. The lowest BCUT2D eigenvalue weighted by molar-refractivity contribution is -0.157. The zero-order valence-electron chi connectivity index (χ0n) is 13.7. The minimum atomic E-state index is -0.325. The lowest BCUT2D eigenvalue weighted by Gasteiger charge is -2.31. The fourth-order valence-electron chi connectivity index (χ4n) is 2.87. The van der Waals surface area contributed by atoms with Gasteiger partial charge in [0, 0.05) is 0 Å².